The first-order valence-electron chi connectivity index (χ1n) is 10.5. The van der Waals surface area contributed by atoms with Gasteiger partial charge in [0, 0.05) is 11.9 Å². The van der Waals surface area contributed by atoms with Crippen molar-refractivity contribution in [3.63, 3.8) is 0 Å². The summed E-state index contributed by atoms with van der Waals surface area (Å²) in [6.07, 6.45) is 3.28. The molecule has 0 atom stereocenters. The van der Waals surface area contributed by atoms with Crippen molar-refractivity contribution in [2.75, 3.05) is 18.6 Å². The molecule has 1 aliphatic heterocycles. The molecule has 1 aliphatic rings. The molecule has 1 fully saturated rings. The second-order valence-corrected chi connectivity index (χ2v) is 7.98. The average Bonchev–Trinajstić information content (AvgIpc) is 3.23. The molecule has 1 aromatic heterocycles. The fourth-order valence-electron chi connectivity index (χ4n) is 3.56. The van der Waals surface area contributed by atoms with Gasteiger partial charge in [0.05, 0.1) is 24.4 Å². The zero-order valence-corrected chi connectivity index (χ0v) is 19.3. The monoisotopic (exact) mass is 479 g/mol. The number of carbonyl (C=O) groups excluding carboxylic acids is 3. The van der Waals surface area contributed by atoms with E-state index in [9.17, 15) is 14.4 Å². The molecule has 2 aromatic carbocycles. The smallest absolute Gasteiger partial charge is 0.335 e. The van der Waals surface area contributed by atoms with Crippen LogP contribution in [-0.2, 0) is 16.1 Å². The number of hydrogen-bond acceptors (Lipinski definition) is 5. The van der Waals surface area contributed by atoms with E-state index in [-0.39, 0.29) is 16.3 Å². The average molecular weight is 480 g/mol. The Morgan fingerprint density at radius 2 is 1.88 bits per heavy atom. The fraction of sp³-hybridized carbons (Fsp3) is 0.160. The number of aromatic nitrogens is 1. The Morgan fingerprint density at radius 1 is 1.06 bits per heavy atom. The Balaban J connectivity index is 1.55. The van der Waals surface area contributed by atoms with Gasteiger partial charge in [-0.05, 0) is 61.0 Å². The van der Waals surface area contributed by atoms with Crippen molar-refractivity contribution in [1.29, 1.82) is 0 Å². The van der Waals surface area contributed by atoms with Gasteiger partial charge < -0.3 is 14.0 Å². The second kappa shape index (κ2) is 9.84. The first-order chi connectivity index (χ1) is 16.4. The fourth-order valence-corrected chi connectivity index (χ4v) is 3.82. The van der Waals surface area contributed by atoms with Crippen molar-refractivity contribution < 1.29 is 23.9 Å². The standard InChI is InChI=1S/C25H22ClN3O5/c1-16-5-3-7-19(13-16)34-12-11-28-10-4-6-17(28)14-20-23(30)27-25(32)29(24(20)31)18-8-9-22(33-2)21(26)15-18/h3-10,13-15H,11-12H2,1-2H3,(H,27,30,32)/b20-14+. The molecule has 0 saturated carbocycles. The number of rotatable bonds is 7. The van der Waals surface area contributed by atoms with Crippen LogP contribution in [0.25, 0.3) is 6.08 Å². The molecule has 2 heterocycles. The first-order valence-corrected chi connectivity index (χ1v) is 10.8. The van der Waals surface area contributed by atoms with Crippen molar-refractivity contribution in [1.82, 2.24) is 9.88 Å². The van der Waals surface area contributed by atoms with Gasteiger partial charge in [0.25, 0.3) is 11.8 Å². The highest BCUT2D eigenvalue weighted by Gasteiger charge is 2.37. The lowest BCUT2D eigenvalue weighted by Crippen LogP contribution is -2.54. The summed E-state index contributed by atoms with van der Waals surface area (Å²) < 4.78 is 12.8. The number of aryl methyl sites for hydroxylation is 1. The number of benzene rings is 2. The summed E-state index contributed by atoms with van der Waals surface area (Å²) >= 11 is 6.16. The number of halogens is 1. The van der Waals surface area contributed by atoms with Gasteiger partial charge in [-0.2, -0.15) is 0 Å². The topological polar surface area (TPSA) is 89.9 Å². The summed E-state index contributed by atoms with van der Waals surface area (Å²) in [7, 11) is 1.46. The molecule has 0 spiro atoms. The number of carbonyl (C=O) groups is 3. The van der Waals surface area contributed by atoms with Crippen LogP contribution in [0.1, 0.15) is 11.3 Å². The van der Waals surface area contributed by atoms with E-state index < -0.39 is 17.8 Å². The van der Waals surface area contributed by atoms with Gasteiger partial charge in [-0.15, -0.1) is 0 Å². The predicted molar refractivity (Wildman–Crippen MR) is 128 cm³/mol. The maximum Gasteiger partial charge on any atom is 0.335 e. The van der Waals surface area contributed by atoms with Crippen LogP contribution < -0.4 is 19.7 Å². The lowest BCUT2D eigenvalue weighted by molar-refractivity contribution is -0.122. The highest BCUT2D eigenvalue weighted by molar-refractivity contribution is 6.39. The van der Waals surface area contributed by atoms with Gasteiger partial charge in [-0.25, -0.2) is 9.69 Å². The molecule has 4 rings (SSSR count). The number of hydrogen-bond donors (Lipinski definition) is 1. The molecule has 1 N–H and O–H groups in total. The van der Waals surface area contributed by atoms with E-state index in [2.05, 4.69) is 5.32 Å². The molecule has 0 unspecified atom stereocenters. The van der Waals surface area contributed by atoms with Gasteiger partial charge in [0.15, 0.2) is 0 Å². The van der Waals surface area contributed by atoms with Crippen LogP contribution >= 0.6 is 11.6 Å². The summed E-state index contributed by atoms with van der Waals surface area (Å²) in [6, 6.07) is 14.9. The zero-order valence-electron chi connectivity index (χ0n) is 18.6. The van der Waals surface area contributed by atoms with E-state index in [1.165, 1.54) is 31.4 Å². The number of nitrogens with zero attached hydrogens (tertiary/aromatic N) is 2. The zero-order chi connectivity index (χ0) is 24.2. The third-order valence-corrected chi connectivity index (χ3v) is 5.54. The van der Waals surface area contributed by atoms with E-state index in [4.69, 9.17) is 21.1 Å². The van der Waals surface area contributed by atoms with Gasteiger partial charge in [-0.1, -0.05) is 23.7 Å². The van der Waals surface area contributed by atoms with Gasteiger partial charge in [0.1, 0.15) is 23.7 Å². The van der Waals surface area contributed by atoms with Crippen LogP contribution in [0.4, 0.5) is 10.5 Å². The van der Waals surface area contributed by atoms with Crippen molar-refractivity contribution in [3.05, 3.63) is 82.6 Å². The molecule has 3 aromatic rings. The number of urea groups is 1. The lowest BCUT2D eigenvalue weighted by Gasteiger charge is -2.26. The Labute approximate surface area is 201 Å². The number of barbiturate groups is 1. The van der Waals surface area contributed by atoms with Crippen molar-refractivity contribution in [3.8, 4) is 11.5 Å². The van der Waals surface area contributed by atoms with Crippen LogP contribution in [0.15, 0.2) is 66.4 Å². The highest BCUT2D eigenvalue weighted by Crippen LogP contribution is 2.31. The van der Waals surface area contributed by atoms with E-state index in [1.54, 1.807) is 12.1 Å². The lowest BCUT2D eigenvalue weighted by atomic mass is 10.1. The van der Waals surface area contributed by atoms with E-state index in [0.29, 0.717) is 24.6 Å². The van der Waals surface area contributed by atoms with Crippen LogP contribution in [0, 0.1) is 6.92 Å². The van der Waals surface area contributed by atoms with E-state index >= 15 is 0 Å². The van der Waals surface area contributed by atoms with E-state index in [0.717, 1.165) is 16.2 Å². The largest absolute Gasteiger partial charge is 0.495 e. The summed E-state index contributed by atoms with van der Waals surface area (Å²) in [5.74, 6) is -0.359. The minimum Gasteiger partial charge on any atom is -0.495 e. The molecule has 0 radical (unpaired) electrons. The molecule has 174 valence electrons. The Kier molecular flexibility index (Phi) is 6.70. The minimum absolute atomic E-state index is 0.175. The third kappa shape index (κ3) is 4.82. The highest BCUT2D eigenvalue weighted by atomic mass is 35.5. The van der Waals surface area contributed by atoms with Crippen LogP contribution in [-0.4, -0.2) is 36.1 Å². The number of nitrogens with one attached hydrogen (secondary N) is 1. The molecule has 0 bridgehead atoms. The van der Waals surface area contributed by atoms with Crippen molar-refractivity contribution in [2.24, 2.45) is 0 Å². The number of anilines is 1. The molecule has 34 heavy (non-hydrogen) atoms. The molecular formula is C25H22ClN3O5. The van der Waals surface area contributed by atoms with Gasteiger partial charge in [0.2, 0.25) is 0 Å². The number of ether oxygens (including phenoxy) is 2. The third-order valence-electron chi connectivity index (χ3n) is 5.24. The summed E-state index contributed by atoms with van der Waals surface area (Å²) in [5.41, 5.74) is 1.76. The number of amides is 4. The Hall–Kier alpha value is -4.04. The molecule has 0 aliphatic carbocycles. The molecule has 4 amide bonds. The van der Waals surface area contributed by atoms with E-state index in [1.807, 2.05) is 42.0 Å². The minimum atomic E-state index is -0.852. The van der Waals surface area contributed by atoms with Crippen LogP contribution in [0.5, 0.6) is 11.5 Å². The summed E-state index contributed by atoms with van der Waals surface area (Å²) in [4.78, 5) is 39.0. The maximum atomic E-state index is 13.1. The molecule has 8 nitrogen and oxygen atoms in total. The Bertz CT molecular complexity index is 1300. The molecular weight excluding hydrogens is 458 g/mol. The SMILES string of the molecule is COc1ccc(N2C(=O)NC(=O)/C(=C\c3cccn3CCOc3cccc(C)c3)C2=O)cc1Cl. The maximum absolute atomic E-state index is 13.1. The van der Waals surface area contributed by atoms with Crippen LogP contribution in [0.2, 0.25) is 5.02 Å². The van der Waals surface area contributed by atoms with Crippen LogP contribution in [0.3, 0.4) is 0 Å². The Morgan fingerprint density at radius 3 is 2.62 bits per heavy atom. The number of imide groups is 2. The predicted octanol–water partition coefficient (Wildman–Crippen LogP) is 4.20. The first kappa shape index (κ1) is 23.1. The molecule has 1 saturated heterocycles. The second-order valence-electron chi connectivity index (χ2n) is 7.57. The van der Waals surface area contributed by atoms with Crippen molar-refractivity contribution >= 4 is 41.2 Å². The quantitative estimate of drug-likeness (QED) is 0.405. The summed E-state index contributed by atoms with van der Waals surface area (Å²) in [6.45, 7) is 2.87. The van der Waals surface area contributed by atoms with Gasteiger partial charge >= 0.3 is 6.03 Å². The normalized spacial score (nSPS) is 15.0. The molecule has 9 heteroatoms. The summed E-state index contributed by atoms with van der Waals surface area (Å²) in [5, 5.41) is 2.44. The van der Waals surface area contributed by atoms with Crippen molar-refractivity contribution in [2.45, 2.75) is 13.5 Å². The number of methoxy groups -OCH3 is 1. The van der Waals surface area contributed by atoms with Gasteiger partial charge in [-0.3, -0.25) is 14.9 Å².